The maximum absolute atomic E-state index is 12.5. The lowest BCUT2D eigenvalue weighted by atomic mass is 10.1. The Labute approximate surface area is 135 Å². The maximum Gasteiger partial charge on any atom is 0.262 e. The minimum atomic E-state index is -3.59. The van der Waals surface area contributed by atoms with Crippen molar-refractivity contribution in [3.05, 3.63) is 66.1 Å². The van der Waals surface area contributed by atoms with Crippen LogP contribution in [0.25, 0.3) is 11.3 Å². The predicted molar refractivity (Wildman–Crippen MR) is 90.7 cm³/mol. The molecule has 0 spiro atoms. The SMILES string of the molecule is Cc1ccccc1S(=O)(=O)Nc1ccc(-c2nc[nH]c2C)cc1. The van der Waals surface area contributed by atoms with E-state index in [1.807, 2.05) is 25.1 Å². The number of nitrogens with zero attached hydrogens (tertiary/aromatic N) is 1. The van der Waals surface area contributed by atoms with E-state index in [4.69, 9.17) is 0 Å². The number of benzene rings is 2. The molecule has 2 aromatic carbocycles. The summed E-state index contributed by atoms with van der Waals surface area (Å²) in [5, 5.41) is 0. The second-order valence-corrected chi connectivity index (χ2v) is 6.98. The van der Waals surface area contributed by atoms with Gasteiger partial charge in [-0.15, -0.1) is 0 Å². The van der Waals surface area contributed by atoms with Crippen molar-refractivity contribution >= 4 is 15.7 Å². The molecule has 118 valence electrons. The first-order valence-electron chi connectivity index (χ1n) is 7.16. The van der Waals surface area contributed by atoms with E-state index in [0.29, 0.717) is 11.3 Å². The minimum Gasteiger partial charge on any atom is -0.348 e. The van der Waals surface area contributed by atoms with Crippen molar-refractivity contribution in [3.63, 3.8) is 0 Å². The number of imidazole rings is 1. The highest BCUT2D eigenvalue weighted by molar-refractivity contribution is 7.92. The Bertz CT molecular complexity index is 928. The van der Waals surface area contributed by atoms with Gasteiger partial charge in [-0.25, -0.2) is 13.4 Å². The Kier molecular flexibility index (Phi) is 3.92. The van der Waals surface area contributed by atoms with Gasteiger partial charge in [-0.2, -0.15) is 0 Å². The average Bonchev–Trinajstić information content (AvgIpc) is 2.94. The fourth-order valence-electron chi connectivity index (χ4n) is 2.41. The fourth-order valence-corrected chi connectivity index (χ4v) is 3.72. The Hall–Kier alpha value is -2.60. The van der Waals surface area contributed by atoms with Crippen molar-refractivity contribution in [1.82, 2.24) is 9.97 Å². The zero-order valence-corrected chi connectivity index (χ0v) is 13.7. The first-order chi connectivity index (χ1) is 11.0. The Morgan fingerprint density at radius 3 is 2.30 bits per heavy atom. The van der Waals surface area contributed by atoms with Crippen molar-refractivity contribution in [2.75, 3.05) is 4.72 Å². The molecule has 0 saturated carbocycles. The van der Waals surface area contributed by atoms with Crippen LogP contribution >= 0.6 is 0 Å². The minimum absolute atomic E-state index is 0.284. The van der Waals surface area contributed by atoms with Gasteiger partial charge in [0.25, 0.3) is 10.0 Å². The molecule has 0 saturated heterocycles. The van der Waals surface area contributed by atoms with Gasteiger partial charge < -0.3 is 4.98 Å². The van der Waals surface area contributed by atoms with E-state index in [2.05, 4.69) is 14.7 Å². The van der Waals surface area contributed by atoms with Crippen molar-refractivity contribution in [3.8, 4) is 11.3 Å². The zero-order chi connectivity index (χ0) is 16.4. The van der Waals surface area contributed by atoms with Crippen LogP contribution in [0, 0.1) is 13.8 Å². The third kappa shape index (κ3) is 3.12. The van der Waals surface area contributed by atoms with Crippen LogP contribution in [0.15, 0.2) is 59.8 Å². The molecule has 23 heavy (non-hydrogen) atoms. The molecule has 1 aromatic heterocycles. The van der Waals surface area contributed by atoms with Gasteiger partial charge in [-0.1, -0.05) is 30.3 Å². The zero-order valence-electron chi connectivity index (χ0n) is 12.9. The summed E-state index contributed by atoms with van der Waals surface area (Å²) in [6.45, 7) is 3.72. The third-order valence-electron chi connectivity index (χ3n) is 3.62. The number of H-pyrrole nitrogens is 1. The van der Waals surface area contributed by atoms with E-state index in [9.17, 15) is 8.42 Å². The summed E-state index contributed by atoms with van der Waals surface area (Å²) < 4.78 is 27.5. The number of aromatic amines is 1. The quantitative estimate of drug-likeness (QED) is 0.770. The van der Waals surface area contributed by atoms with Crippen LogP contribution in [0.5, 0.6) is 0 Å². The van der Waals surface area contributed by atoms with Gasteiger partial charge in [0.2, 0.25) is 0 Å². The molecule has 0 aliphatic rings. The number of hydrogen-bond acceptors (Lipinski definition) is 3. The van der Waals surface area contributed by atoms with Crippen LogP contribution < -0.4 is 4.72 Å². The Morgan fingerprint density at radius 1 is 1.00 bits per heavy atom. The number of aryl methyl sites for hydroxylation is 2. The normalized spacial score (nSPS) is 11.4. The smallest absolute Gasteiger partial charge is 0.262 e. The number of aromatic nitrogens is 2. The van der Waals surface area contributed by atoms with Crippen molar-refractivity contribution in [2.45, 2.75) is 18.7 Å². The van der Waals surface area contributed by atoms with Crippen molar-refractivity contribution in [2.24, 2.45) is 0 Å². The van der Waals surface area contributed by atoms with E-state index in [1.54, 1.807) is 43.6 Å². The summed E-state index contributed by atoms with van der Waals surface area (Å²) in [5.41, 5.74) is 3.99. The summed E-state index contributed by atoms with van der Waals surface area (Å²) in [6, 6.07) is 14.1. The van der Waals surface area contributed by atoms with E-state index in [0.717, 1.165) is 17.0 Å². The van der Waals surface area contributed by atoms with Gasteiger partial charge in [0.1, 0.15) is 0 Å². The molecule has 6 heteroatoms. The van der Waals surface area contributed by atoms with Crippen molar-refractivity contribution < 1.29 is 8.42 Å². The number of anilines is 1. The number of hydrogen-bond donors (Lipinski definition) is 2. The van der Waals surface area contributed by atoms with Gasteiger partial charge in [0.15, 0.2) is 0 Å². The summed E-state index contributed by atoms with van der Waals surface area (Å²) in [7, 11) is -3.59. The van der Waals surface area contributed by atoms with Crippen LogP contribution in [-0.2, 0) is 10.0 Å². The second kappa shape index (κ2) is 5.89. The molecular formula is C17H17N3O2S. The molecule has 0 amide bonds. The molecule has 0 fully saturated rings. The van der Waals surface area contributed by atoms with Crippen LogP contribution in [0.3, 0.4) is 0 Å². The largest absolute Gasteiger partial charge is 0.348 e. The third-order valence-corrected chi connectivity index (χ3v) is 5.17. The van der Waals surface area contributed by atoms with Crippen LogP contribution in [0.2, 0.25) is 0 Å². The van der Waals surface area contributed by atoms with E-state index >= 15 is 0 Å². The predicted octanol–water partition coefficient (Wildman–Crippen LogP) is 3.49. The summed E-state index contributed by atoms with van der Waals surface area (Å²) in [6.07, 6.45) is 1.64. The topological polar surface area (TPSA) is 74.8 Å². The fraction of sp³-hybridized carbons (Fsp3) is 0.118. The van der Waals surface area contributed by atoms with Gasteiger partial charge in [0.05, 0.1) is 16.9 Å². The Balaban J connectivity index is 1.87. The molecule has 3 rings (SSSR count). The molecular weight excluding hydrogens is 310 g/mol. The van der Waals surface area contributed by atoms with Crippen LogP contribution in [0.1, 0.15) is 11.3 Å². The molecule has 0 atom stereocenters. The Morgan fingerprint density at radius 2 is 1.70 bits per heavy atom. The molecule has 0 bridgehead atoms. The highest BCUT2D eigenvalue weighted by Crippen LogP contribution is 2.24. The van der Waals surface area contributed by atoms with Gasteiger partial charge >= 0.3 is 0 Å². The molecule has 0 aliphatic heterocycles. The second-order valence-electron chi connectivity index (χ2n) is 5.32. The van der Waals surface area contributed by atoms with Gasteiger partial charge in [0, 0.05) is 16.9 Å². The first-order valence-corrected chi connectivity index (χ1v) is 8.64. The van der Waals surface area contributed by atoms with E-state index < -0.39 is 10.0 Å². The van der Waals surface area contributed by atoms with Crippen LogP contribution in [0.4, 0.5) is 5.69 Å². The van der Waals surface area contributed by atoms with Gasteiger partial charge in [-0.3, -0.25) is 4.72 Å². The average molecular weight is 327 g/mol. The van der Waals surface area contributed by atoms with E-state index in [-0.39, 0.29) is 4.90 Å². The highest BCUT2D eigenvalue weighted by Gasteiger charge is 2.16. The lowest BCUT2D eigenvalue weighted by Crippen LogP contribution is -2.14. The van der Waals surface area contributed by atoms with Crippen LogP contribution in [-0.4, -0.2) is 18.4 Å². The number of rotatable bonds is 4. The molecule has 0 aliphatic carbocycles. The molecule has 2 N–H and O–H groups in total. The number of sulfonamides is 1. The van der Waals surface area contributed by atoms with Gasteiger partial charge in [-0.05, 0) is 37.6 Å². The summed E-state index contributed by atoms with van der Waals surface area (Å²) in [5.74, 6) is 0. The number of nitrogens with one attached hydrogen (secondary N) is 2. The molecule has 5 nitrogen and oxygen atoms in total. The molecule has 3 aromatic rings. The molecule has 0 radical (unpaired) electrons. The molecule has 1 heterocycles. The first kappa shape index (κ1) is 15.3. The summed E-state index contributed by atoms with van der Waals surface area (Å²) >= 11 is 0. The lowest BCUT2D eigenvalue weighted by molar-refractivity contribution is 0.600. The highest BCUT2D eigenvalue weighted by atomic mass is 32.2. The van der Waals surface area contributed by atoms with Crippen molar-refractivity contribution in [1.29, 1.82) is 0 Å². The summed E-state index contributed by atoms with van der Waals surface area (Å²) in [4.78, 5) is 7.56. The maximum atomic E-state index is 12.5. The molecule has 0 unspecified atom stereocenters. The monoisotopic (exact) mass is 327 g/mol. The standard InChI is InChI=1S/C17H17N3O2S/c1-12-5-3-4-6-16(12)23(21,22)20-15-9-7-14(8-10-15)17-13(2)18-11-19-17/h3-11,20H,1-2H3,(H,18,19). The van der Waals surface area contributed by atoms with E-state index in [1.165, 1.54) is 0 Å². The lowest BCUT2D eigenvalue weighted by Gasteiger charge is -2.10.